The number of aromatic nitrogens is 4. The Morgan fingerprint density at radius 2 is 1.50 bits per heavy atom. The van der Waals surface area contributed by atoms with Crippen molar-refractivity contribution in [3.63, 3.8) is 0 Å². The highest BCUT2D eigenvalue weighted by Crippen LogP contribution is 2.28. The molecule has 138 valence electrons. The Balaban J connectivity index is 1.76. The van der Waals surface area contributed by atoms with Gasteiger partial charge in [-0.05, 0) is 0 Å². The molecule has 2 aromatic rings. The Morgan fingerprint density at radius 1 is 0.846 bits per heavy atom. The number of nitrogen functional groups attached to an aromatic ring is 2. The van der Waals surface area contributed by atoms with Crippen LogP contribution in [0.3, 0.4) is 0 Å². The minimum Gasteiger partial charge on any atom is -0.383 e. The number of nitrogens with zero attached hydrogens (tertiary/aromatic N) is 6. The van der Waals surface area contributed by atoms with Crippen LogP contribution in [0.2, 0.25) is 0 Å². The minimum absolute atomic E-state index is 0.141. The summed E-state index contributed by atoms with van der Waals surface area (Å²) >= 11 is 0. The lowest BCUT2D eigenvalue weighted by atomic mass is 10.2. The molecule has 0 spiro atoms. The maximum atomic E-state index is 6.05. The fourth-order valence-electron chi connectivity index (χ4n) is 3.03. The predicted octanol–water partition coefficient (Wildman–Crippen LogP) is -0.229. The molecule has 10 heteroatoms. The van der Waals surface area contributed by atoms with Gasteiger partial charge in [0.2, 0.25) is 11.9 Å². The van der Waals surface area contributed by atoms with Crippen LogP contribution in [0.25, 0.3) is 11.3 Å². The van der Waals surface area contributed by atoms with E-state index in [9.17, 15) is 0 Å². The molecule has 4 N–H and O–H groups in total. The molecule has 0 saturated carbocycles. The lowest BCUT2D eigenvalue weighted by Gasteiger charge is -2.31. The van der Waals surface area contributed by atoms with Crippen LogP contribution < -0.4 is 21.3 Å². The Morgan fingerprint density at radius 3 is 2.15 bits per heavy atom. The highest BCUT2D eigenvalue weighted by molar-refractivity contribution is 5.73. The van der Waals surface area contributed by atoms with Crippen molar-refractivity contribution in [2.45, 2.75) is 0 Å². The number of nitrogens with two attached hydrogens (primary N) is 2. The highest BCUT2D eigenvalue weighted by Gasteiger charge is 2.21. The summed E-state index contributed by atoms with van der Waals surface area (Å²) < 4.78 is 10.9. The standard InChI is InChI=1S/C16H22N8O2/c17-14-11(10-19-15(18)22-14)12-9-13(23-1-5-25-6-2-23)21-16(20-12)24-3-7-26-8-4-24/h9-10H,1-8H2,(H4,17,18,19,22). The first kappa shape index (κ1) is 16.7. The Kier molecular flexibility index (Phi) is 4.67. The van der Waals surface area contributed by atoms with E-state index in [2.05, 4.69) is 19.8 Å². The van der Waals surface area contributed by atoms with Crippen molar-refractivity contribution < 1.29 is 9.47 Å². The monoisotopic (exact) mass is 358 g/mol. The molecule has 2 aliphatic heterocycles. The summed E-state index contributed by atoms with van der Waals surface area (Å²) in [4.78, 5) is 21.9. The fourth-order valence-corrected chi connectivity index (χ4v) is 3.03. The second kappa shape index (κ2) is 7.26. The molecule has 2 fully saturated rings. The van der Waals surface area contributed by atoms with E-state index in [1.165, 1.54) is 0 Å². The number of ether oxygens (including phenoxy) is 2. The second-order valence-corrected chi connectivity index (χ2v) is 6.14. The third kappa shape index (κ3) is 3.46. The number of hydrogen-bond donors (Lipinski definition) is 2. The molecule has 26 heavy (non-hydrogen) atoms. The quantitative estimate of drug-likeness (QED) is 0.759. The third-order valence-electron chi connectivity index (χ3n) is 4.44. The number of rotatable bonds is 3. The van der Waals surface area contributed by atoms with E-state index in [-0.39, 0.29) is 5.95 Å². The number of anilines is 4. The zero-order chi connectivity index (χ0) is 17.9. The third-order valence-corrected chi connectivity index (χ3v) is 4.44. The molecule has 4 heterocycles. The summed E-state index contributed by atoms with van der Waals surface area (Å²) in [6.07, 6.45) is 1.60. The van der Waals surface area contributed by atoms with E-state index in [1.807, 2.05) is 6.07 Å². The van der Waals surface area contributed by atoms with Gasteiger partial charge in [-0.25, -0.2) is 9.97 Å². The summed E-state index contributed by atoms with van der Waals surface area (Å²) in [7, 11) is 0. The normalized spacial score (nSPS) is 18.2. The maximum absolute atomic E-state index is 6.05. The van der Waals surface area contributed by atoms with Crippen LogP contribution in [0.15, 0.2) is 12.3 Å². The van der Waals surface area contributed by atoms with Gasteiger partial charge in [0.1, 0.15) is 11.6 Å². The van der Waals surface area contributed by atoms with Crippen molar-refractivity contribution in [3.05, 3.63) is 12.3 Å². The largest absolute Gasteiger partial charge is 0.383 e. The molecule has 0 amide bonds. The molecule has 0 unspecified atom stereocenters. The lowest BCUT2D eigenvalue weighted by Crippen LogP contribution is -2.39. The van der Waals surface area contributed by atoms with Crippen molar-refractivity contribution in [3.8, 4) is 11.3 Å². The summed E-state index contributed by atoms with van der Waals surface area (Å²) in [6.45, 7) is 5.75. The first-order chi connectivity index (χ1) is 12.7. The van der Waals surface area contributed by atoms with Gasteiger partial charge in [0.15, 0.2) is 0 Å². The summed E-state index contributed by atoms with van der Waals surface area (Å²) in [5.74, 6) is 1.94. The fraction of sp³-hybridized carbons (Fsp3) is 0.500. The minimum atomic E-state index is 0.141. The maximum Gasteiger partial charge on any atom is 0.228 e. The molecular weight excluding hydrogens is 336 g/mol. The van der Waals surface area contributed by atoms with E-state index in [4.69, 9.17) is 30.9 Å². The Hall–Kier alpha value is -2.72. The number of morpholine rings is 2. The zero-order valence-corrected chi connectivity index (χ0v) is 14.5. The molecular formula is C16H22N8O2. The van der Waals surface area contributed by atoms with Gasteiger partial charge >= 0.3 is 0 Å². The molecule has 0 atom stereocenters. The van der Waals surface area contributed by atoms with E-state index < -0.39 is 0 Å². The molecule has 0 aromatic carbocycles. The van der Waals surface area contributed by atoms with Crippen LogP contribution in [0.4, 0.5) is 23.5 Å². The van der Waals surface area contributed by atoms with Gasteiger partial charge in [-0.2, -0.15) is 9.97 Å². The van der Waals surface area contributed by atoms with Gasteiger partial charge in [0.05, 0.1) is 37.7 Å². The van der Waals surface area contributed by atoms with E-state index in [0.717, 1.165) is 32.0 Å². The van der Waals surface area contributed by atoms with Crippen molar-refractivity contribution in [1.82, 2.24) is 19.9 Å². The molecule has 2 aromatic heterocycles. The Labute approximate surface area is 151 Å². The van der Waals surface area contributed by atoms with Crippen LogP contribution in [0.1, 0.15) is 0 Å². The molecule has 4 rings (SSSR count). The predicted molar refractivity (Wildman–Crippen MR) is 97.9 cm³/mol. The second-order valence-electron chi connectivity index (χ2n) is 6.14. The van der Waals surface area contributed by atoms with Crippen molar-refractivity contribution in [1.29, 1.82) is 0 Å². The SMILES string of the molecule is Nc1ncc(-c2cc(N3CCOCC3)nc(N3CCOCC3)n2)c(N)n1. The van der Waals surface area contributed by atoms with Gasteiger partial charge < -0.3 is 30.7 Å². The highest BCUT2D eigenvalue weighted by atomic mass is 16.5. The zero-order valence-electron chi connectivity index (χ0n) is 14.5. The van der Waals surface area contributed by atoms with Crippen LogP contribution in [-0.2, 0) is 9.47 Å². The van der Waals surface area contributed by atoms with Crippen LogP contribution in [0, 0.1) is 0 Å². The molecule has 0 bridgehead atoms. The van der Waals surface area contributed by atoms with Crippen LogP contribution >= 0.6 is 0 Å². The van der Waals surface area contributed by atoms with Gasteiger partial charge in [-0.3, -0.25) is 0 Å². The average Bonchev–Trinajstić information content (AvgIpc) is 2.69. The van der Waals surface area contributed by atoms with Gasteiger partial charge in [0.25, 0.3) is 0 Å². The molecule has 2 aliphatic rings. The van der Waals surface area contributed by atoms with E-state index >= 15 is 0 Å². The van der Waals surface area contributed by atoms with Gasteiger partial charge in [0, 0.05) is 38.4 Å². The van der Waals surface area contributed by atoms with Gasteiger partial charge in [-0.1, -0.05) is 0 Å². The first-order valence-corrected chi connectivity index (χ1v) is 8.63. The van der Waals surface area contributed by atoms with E-state index in [1.54, 1.807) is 6.20 Å². The van der Waals surface area contributed by atoms with Crippen LogP contribution in [0.5, 0.6) is 0 Å². The van der Waals surface area contributed by atoms with Gasteiger partial charge in [-0.15, -0.1) is 0 Å². The number of hydrogen-bond acceptors (Lipinski definition) is 10. The van der Waals surface area contributed by atoms with Crippen molar-refractivity contribution in [2.75, 3.05) is 73.9 Å². The first-order valence-electron chi connectivity index (χ1n) is 8.63. The smallest absolute Gasteiger partial charge is 0.228 e. The molecule has 0 radical (unpaired) electrons. The lowest BCUT2D eigenvalue weighted by molar-refractivity contribution is 0.121. The molecule has 10 nitrogen and oxygen atoms in total. The summed E-state index contributed by atoms with van der Waals surface area (Å²) in [5.41, 5.74) is 13.0. The van der Waals surface area contributed by atoms with Crippen molar-refractivity contribution >= 4 is 23.5 Å². The summed E-state index contributed by atoms with van der Waals surface area (Å²) in [6, 6.07) is 1.92. The topological polar surface area (TPSA) is 129 Å². The average molecular weight is 358 g/mol. The molecule has 2 saturated heterocycles. The summed E-state index contributed by atoms with van der Waals surface area (Å²) in [5, 5.41) is 0. The van der Waals surface area contributed by atoms with Crippen molar-refractivity contribution in [2.24, 2.45) is 0 Å². The molecule has 0 aliphatic carbocycles. The Bertz CT molecular complexity index is 739. The van der Waals surface area contributed by atoms with Crippen LogP contribution in [-0.4, -0.2) is 72.5 Å². The van der Waals surface area contributed by atoms with E-state index in [0.29, 0.717) is 49.5 Å².